The average molecular weight is 321 g/mol. The number of carbonyl (C=O) groups is 1. The molecular formula is C17H23NO5. The summed E-state index contributed by atoms with van der Waals surface area (Å²) in [7, 11) is 4.93. The van der Waals surface area contributed by atoms with E-state index in [9.17, 15) is 4.79 Å². The predicted octanol–water partition coefficient (Wildman–Crippen LogP) is 1.43. The molecule has 1 amide bonds. The van der Waals surface area contributed by atoms with Gasteiger partial charge in [0.1, 0.15) is 23.7 Å². The third-order valence-electron chi connectivity index (χ3n) is 4.70. The second kappa shape index (κ2) is 6.76. The van der Waals surface area contributed by atoms with E-state index in [4.69, 9.17) is 18.9 Å². The van der Waals surface area contributed by atoms with E-state index in [1.807, 2.05) is 23.1 Å². The van der Waals surface area contributed by atoms with Gasteiger partial charge in [-0.05, 0) is 6.07 Å². The zero-order valence-corrected chi connectivity index (χ0v) is 13.8. The summed E-state index contributed by atoms with van der Waals surface area (Å²) in [5.41, 5.74) is 1.07. The van der Waals surface area contributed by atoms with E-state index in [2.05, 4.69) is 0 Å². The number of methoxy groups -OCH3 is 3. The molecule has 126 valence electrons. The van der Waals surface area contributed by atoms with Crippen LogP contribution >= 0.6 is 0 Å². The number of likely N-dealkylation sites (tertiary alicyclic amines) is 1. The number of rotatable bonds is 5. The Hall–Kier alpha value is -1.79. The Labute approximate surface area is 136 Å². The highest BCUT2D eigenvalue weighted by Crippen LogP contribution is 2.38. The van der Waals surface area contributed by atoms with Gasteiger partial charge in [0.15, 0.2) is 0 Å². The molecular weight excluding hydrogens is 298 g/mol. The second-order valence-corrected chi connectivity index (χ2v) is 5.96. The van der Waals surface area contributed by atoms with Crippen LogP contribution in [-0.2, 0) is 14.3 Å². The SMILES string of the molecule is COc1ccc2c(c1)OCC2CC(=O)N1C[C@H](OC)[C@H](OC)C1. The fraction of sp³-hybridized carbons (Fsp3) is 0.588. The van der Waals surface area contributed by atoms with Crippen LogP contribution in [0.5, 0.6) is 11.5 Å². The molecule has 3 atom stereocenters. The van der Waals surface area contributed by atoms with Crippen LogP contribution in [0.3, 0.4) is 0 Å². The van der Waals surface area contributed by atoms with Crippen LogP contribution in [0.15, 0.2) is 18.2 Å². The van der Waals surface area contributed by atoms with Gasteiger partial charge < -0.3 is 23.8 Å². The molecule has 23 heavy (non-hydrogen) atoms. The number of hydrogen-bond donors (Lipinski definition) is 0. The first-order valence-corrected chi connectivity index (χ1v) is 7.80. The van der Waals surface area contributed by atoms with Crippen molar-refractivity contribution in [1.82, 2.24) is 4.90 Å². The number of hydrogen-bond acceptors (Lipinski definition) is 5. The van der Waals surface area contributed by atoms with Gasteiger partial charge in [0, 0.05) is 51.3 Å². The van der Waals surface area contributed by atoms with E-state index in [1.165, 1.54) is 0 Å². The molecule has 6 heteroatoms. The molecule has 0 N–H and O–H groups in total. The Morgan fingerprint density at radius 3 is 2.52 bits per heavy atom. The van der Waals surface area contributed by atoms with Crippen LogP contribution in [0, 0.1) is 0 Å². The Morgan fingerprint density at radius 1 is 1.22 bits per heavy atom. The summed E-state index contributed by atoms with van der Waals surface area (Å²) in [5.74, 6) is 1.78. The molecule has 0 saturated carbocycles. The molecule has 2 aliphatic heterocycles. The minimum atomic E-state index is -0.0553. The molecule has 1 aromatic rings. The molecule has 2 aliphatic rings. The number of ether oxygens (including phenoxy) is 4. The van der Waals surface area contributed by atoms with Crippen molar-refractivity contribution in [2.75, 3.05) is 41.0 Å². The molecule has 1 unspecified atom stereocenters. The van der Waals surface area contributed by atoms with Gasteiger partial charge in [-0.2, -0.15) is 0 Å². The smallest absolute Gasteiger partial charge is 0.223 e. The normalized spacial score (nSPS) is 26.0. The quantitative estimate of drug-likeness (QED) is 0.821. The van der Waals surface area contributed by atoms with E-state index in [0.717, 1.165) is 17.1 Å². The average Bonchev–Trinajstić information content (AvgIpc) is 3.18. The number of nitrogens with zero attached hydrogens (tertiary/aromatic N) is 1. The van der Waals surface area contributed by atoms with Crippen LogP contribution in [0.25, 0.3) is 0 Å². The predicted molar refractivity (Wildman–Crippen MR) is 84.0 cm³/mol. The van der Waals surface area contributed by atoms with Crippen molar-refractivity contribution < 1.29 is 23.7 Å². The minimum Gasteiger partial charge on any atom is -0.497 e. The fourth-order valence-electron chi connectivity index (χ4n) is 3.29. The first kappa shape index (κ1) is 16.1. The van der Waals surface area contributed by atoms with Crippen LogP contribution in [0.2, 0.25) is 0 Å². The van der Waals surface area contributed by atoms with Crippen LogP contribution < -0.4 is 9.47 Å². The van der Waals surface area contributed by atoms with Crippen LogP contribution in [-0.4, -0.2) is 64.0 Å². The molecule has 1 aromatic carbocycles. The lowest BCUT2D eigenvalue weighted by Crippen LogP contribution is -2.31. The number of carbonyl (C=O) groups excluding carboxylic acids is 1. The van der Waals surface area contributed by atoms with Crippen molar-refractivity contribution in [2.24, 2.45) is 0 Å². The summed E-state index contributed by atoms with van der Waals surface area (Å²) in [6.07, 6.45) is 0.326. The van der Waals surface area contributed by atoms with Gasteiger partial charge in [-0.25, -0.2) is 0 Å². The zero-order chi connectivity index (χ0) is 16.4. The van der Waals surface area contributed by atoms with E-state index in [-0.39, 0.29) is 24.0 Å². The molecule has 3 rings (SSSR count). The van der Waals surface area contributed by atoms with Crippen molar-refractivity contribution in [3.8, 4) is 11.5 Å². The highest BCUT2D eigenvalue weighted by Gasteiger charge is 2.37. The van der Waals surface area contributed by atoms with E-state index < -0.39 is 0 Å². The van der Waals surface area contributed by atoms with E-state index in [1.54, 1.807) is 21.3 Å². The van der Waals surface area contributed by atoms with E-state index in [0.29, 0.717) is 26.1 Å². The molecule has 1 fully saturated rings. The van der Waals surface area contributed by atoms with Gasteiger partial charge >= 0.3 is 0 Å². The third kappa shape index (κ3) is 3.14. The number of fused-ring (bicyclic) bond motifs is 1. The lowest BCUT2D eigenvalue weighted by atomic mass is 9.97. The molecule has 0 aliphatic carbocycles. The Kier molecular flexibility index (Phi) is 4.73. The standard InChI is InChI=1S/C17H23NO5/c1-20-12-4-5-13-11(10-23-14(13)7-12)6-17(19)18-8-15(21-2)16(9-18)22-3/h4-5,7,11,15-16H,6,8-10H2,1-3H3/t11?,15-,16+. The maximum absolute atomic E-state index is 12.6. The topological polar surface area (TPSA) is 57.2 Å². The third-order valence-corrected chi connectivity index (χ3v) is 4.70. The molecule has 0 bridgehead atoms. The van der Waals surface area contributed by atoms with Crippen LogP contribution in [0.4, 0.5) is 0 Å². The molecule has 0 aromatic heterocycles. The Balaban J connectivity index is 1.64. The fourth-order valence-corrected chi connectivity index (χ4v) is 3.29. The highest BCUT2D eigenvalue weighted by atomic mass is 16.5. The van der Waals surface area contributed by atoms with Gasteiger partial charge in [0.2, 0.25) is 5.91 Å². The summed E-state index contributed by atoms with van der Waals surface area (Å²) < 4.78 is 21.7. The van der Waals surface area contributed by atoms with E-state index >= 15 is 0 Å². The minimum absolute atomic E-state index is 0.0553. The lowest BCUT2D eigenvalue weighted by Gasteiger charge is -2.18. The van der Waals surface area contributed by atoms with Crippen LogP contribution in [0.1, 0.15) is 17.9 Å². The summed E-state index contributed by atoms with van der Waals surface area (Å²) in [6, 6.07) is 5.76. The van der Waals surface area contributed by atoms with Gasteiger partial charge in [-0.15, -0.1) is 0 Å². The molecule has 2 heterocycles. The lowest BCUT2D eigenvalue weighted by molar-refractivity contribution is -0.131. The van der Waals surface area contributed by atoms with Gasteiger partial charge in [-0.1, -0.05) is 6.07 Å². The van der Waals surface area contributed by atoms with Crippen molar-refractivity contribution in [2.45, 2.75) is 24.5 Å². The summed E-state index contributed by atoms with van der Waals surface area (Å²) in [6.45, 7) is 1.69. The Morgan fingerprint density at radius 2 is 1.91 bits per heavy atom. The maximum Gasteiger partial charge on any atom is 0.223 e. The molecule has 6 nitrogen and oxygen atoms in total. The molecule has 0 radical (unpaired) electrons. The van der Waals surface area contributed by atoms with Crippen molar-refractivity contribution in [3.63, 3.8) is 0 Å². The Bertz CT molecular complexity index is 564. The molecule has 0 spiro atoms. The first-order valence-electron chi connectivity index (χ1n) is 7.80. The van der Waals surface area contributed by atoms with Crippen molar-refractivity contribution in [3.05, 3.63) is 23.8 Å². The number of benzene rings is 1. The summed E-state index contributed by atoms with van der Waals surface area (Å²) >= 11 is 0. The van der Waals surface area contributed by atoms with Gasteiger partial charge in [0.05, 0.1) is 13.7 Å². The zero-order valence-electron chi connectivity index (χ0n) is 13.8. The monoisotopic (exact) mass is 321 g/mol. The summed E-state index contributed by atoms with van der Waals surface area (Å²) in [5, 5.41) is 0. The highest BCUT2D eigenvalue weighted by molar-refractivity contribution is 5.78. The maximum atomic E-state index is 12.6. The van der Waals surface area contributed by atoms with Gasteiger partial charge in [-0.3, -0.25) is 4.79 Å². The van der Waals surface area contributed by atoms with Crippen molar-refractivity contribution in [1.29, 1.82) is 0 Å². The number of amides is 1. The first-order chi connectivity index (χ1) is 11.2. The molecule has 1 saturated heterocycles. The second-order valence-electron chi connectivity index (χ2n) is 5.96. The van der Waals surface area contributed by atoms with Crippen molar-refractivity contribution >= 4 is 5.91 Å². The van der Waals surface area contributed by atoms with Gasteiger partial charge in [0.25, 0.3) is 0 Å². The summed E-state index contributed by atoms with van der Waals surface area (Å²) in [4.78, 5) is 14.4. The largest absolute Gasteiger partial charge is 0.497 e.